The van der Waals surface area contributed by atoms with Crippen LogP contribution in [0.2, 0.25) is 0 Å². The van der Waals surface area contributed by atoms with E-state index in [4.69, 9.17) is 0 Å². The first-order chi connectivity index (χ1) is 8.69. The first kappa shape index (κ1) is 12.8. The summed E-state index contributed by atoms with van der Waals surface area (Å²) in [6, 6.07) is 4.30. The van der Waals surface area contributed by atoms with E-state index in [0.717, 1.165) is 24.4 Å². The molecule has 0 radical (unpaired) electrons. The Balaban J connectivity index is 2.40. The Morgan fingerprint density at radius 2 is 2.11 bits per heavy atom. The molecule has 1 unspecified atom stereocenters. The summed E-state index contributed by atoms with van der Waals surface area (Å²) in [6.45, 7) is 5.11. The normalized spacial score (nSPS) is 12.9. The van der Waals surface area contributed by atoms with Crippen LogP contribution < -0.4 is 5.32 Å². The van der Waals surface area contributed by atoms with Gasteiger partial charge in [0.15, 0.2) is 0 Å². The van der Waals surface area contributed by atoms with Crippen LogP contribution in [0.4, 0.5) is 0 Å². The zero-order valence-electron chi connectivity index (χ0n) is 11.5. The average molecular weight is 247 g/mol. The first-order valence-corrected chi connectivity index (χ1v) is 6.43. The van der Waals surface area contributed by atoms with Gasteiger partial charge in [-0.05, 0) is 32.5 Å². The highest BCUT2D eigenvalue weighted by Gasteiger charge is 2.19. The molecule has 0 amide bonds. The standard InChI is InChI=1S/C13H21N5/c1-5-10-9-12(18(6-2)15-10)13(14-3)11-7-8-17(4)16-11/h7-9,13-14H,5-6H2,1-4H3. The lowest BCUT2D eigenvalue weighted by atomic mass is 10.1. The van der Waals surface area contributed by atoms with Crippen molar-refractivity contribution in [1.82, 2.24) is 24.9 Å². The third kappa shape index (κ3) is 2.31. The molecule has 18 heavy (non-hydrogen) atoms. The lowest BCUT2D eigenvalue weighted by molar-refractivity contribution is 0.547. The molecule has 0 fully saturated rings. The van der Waals surface area contributed by atoms with Gasteiger partial charge in [-0.25, -0.2) is 0 Å². The Kier molecular flexibility index (Phi) is 3.81. The van der Waals surface area contributed by atoms with Crippen molar-refractivity contribution >= 4 is 0 Å². The summed E-state index contributed by atoms with van der Waals surface area (Å²) in [5.41, 5.74) is 3.33. The third-order valence-electron chi connectivity index (χ3n) is 3.14. The highest BCUT2D eigenvalue weighted by molar-refractivity contribution is 5.23. The summed E-state index contributed by atoms with van der Waals surface area (Å²) >= 11 is 0. The topological polar surface area (TPSA) is 47.7 Å². The second-order valence-electron chi connectivity index (χ2n) is 4.37. The minimum absolute atomic E-state index is 0.0962. The summed E-state index contributed by atoms with van der Waals surface area (Å²) in [4.78, 5) is 0. The van der Waals surface area contributed by atoms with E-state index in [9.17, 15) is 0 Å². The molecular formula is C13H21N5. The molecule has 0 aliphatic carbocycles. The minimum atomic E-state index is 0.0962. The molecule has 2 aromatic heterocycles. The van der Waals surface area contributed by atoms with E-state index < -0.39 is 0 Å². The molecule has 1 N–H and O–H groups in total. The molecule has 2 rings (SSSR count). The minimum Gasteiger partial charge on any atom is -0.307 e. The number of rotatable bonds is 5. The van der Waals surface area contributed by atoms with Crippen LogP contribution in [0.5, 0.6) is 0 Å². The van der Waals surface area contributed by atoms with Gasteiger partial charge in [0.05, 0.1) is 23.1 Å². The Labute approximate surface area is 108 Å². The van der Waals surface area contributed by atoms with Crippen molar-refractivity contribution in [3.8, 4) is 0 Å². The monoisotopic (exact) mass is 247 g/mol. The van der Waals surface area contributed by atoms with Gasteiger partial charge in [0.1, 0.15) is 0 Å². The van der Waals surface area contributed by atoms with Gasteiger partial charge in [0.25, 0.3) is 0 Å². The molecular weight excluding hydrogens is 226 g/mol. The van der Waals surface area contributed by atoms with Crippen molar-refractivity contribution in [2.75, 3.05) is 7.05 Å². The predicted octanol–water partition coefficient (Wildman–Crippen LogP) is 1.51. The molecule has 5 nitrogen and oxygen atoms in total. The largest absolute Gasteiger partial charge is 0.307 e. The summed E-state index contributed by atoms with van der Waals surface area (Å²) in [5, 5.41) is 12.4. The maximum Gasteiger partial charge on any atom is 0.0938 e. The van der Waals surface area contributed by atoms with Crippen LogP contribution in [0, 0.1) is 0 Å². The van der Waals surface area contributed by atoms with Crippen molar-refractivity contribution in [3.05, 3.63) is 35.4 Å². The van der Waals surface area contributed by atoms with E-state index in [2.05, 4.69) is 40.1 Å². The molecule has 98 valence electrons. The van der Waals surface area contributed by atoms with Crippen LogP contribution in [-0.2, 0) is 20.0 Å². The first-order valence-electron chi connectivity index (χ1n) is 6.43. The number of aryl methyl sites for hydroxylation is 3. The van der Waals surface area contributed by atoms with E-state index in [1.54, 1.807) is 0 Å². The fourth-order valence-electron chi connectivity index (χ4n) is 2.18. The number of nitrogens with one attached hydrogen (secondary N) is 1. The lowest BCUT2D eigenvalue weighted by Crippen LogP contribution is -2.22. The molecule has 0 saturated carbocycles. The van der Waals surface area contributed by atoms with Crippen LogP contribution in [0.3, 0.4) is 0 Å². The molecule has 0 spiro atoms. The molecule has 5 heteroatoms. The van der Waals surface area contributed by atoms with Gasteiger partial charge in [-0.2, -0.15) is 10.2 Å². The summed E-state index contributed by atoms with van der Waals surface area (Å²) in [6.07, 6.45) is 2.92. The fraction of sp³-hybridized carbons (Fsp3) is 0.538. The van der Waals surface area contributed by atoms with Crippen LogP contribution in [0.15, 0.2) is 18.3 Å². The van der Waals surface area contributed by atoms with Crippen LogP contribution >= 0.6 is 0 Å². The Morgan fingerprint density at radius 1 is 1.33 bits per heavy atom. The summed E-state index contributed by atoms with van der Waals surface area (Å²) < 4.78 is 3.88. The van der Waals surface area contributed by atoms with Gasteiger partial charge in [0.2, 0.25) is 0 Å². The smallest absolute Gasteiger partial charge is 0.0938 e. The van der Waals surface area contributed by atoms with Gasteiger partial charge in [0, 0.05) is 19.8 Å². The van der Waals surface area contributed by atoms with Gasteiger partial charge < -0.3 is 5.32 Å². The maximum absolute atomic E-state index is 4.59. The zero-order valence-corrected chi connectivity index (χ0v) is 11.5. The van der Waals surface area contributed by atoms with Gasteiger partial charge in [-0.15, -0.1) is 0 Å². The molecule has 0 aromatic carbocycles. The molecule has 2 aromatic rings. The maximum atomic E-state index is 4.59. The summed E-state index contributed by atoms with van der Waals surface area (Å²) in [5.74, 6) is 0. The summed E-state index contributed by atoms with van der Waals surface area (Å²) in [7, 11) is 3.89. The molecule has 0 saturated heterocycles. The van der Waals surface area contributed by atoms with E-state index in [-0.39, 0.29) is 6.04 Å². The Hall–Kier alpha value is -1.62. The van der Waals surface area contributed by atoms with E-state index in [1.165, 1.54) is 5.69 Å². The fourth-order valence-corrected chi connectivity index (χ4v) is 2.18. The van der Waals surface area contributed by atoms with Crippen molar-refractivity contribution in [1.29, 1.82) is 0 Å². The zero-order chi connectivity index (χ0) is 13.1. The van der Waals surface area contributed by atoms with Gasteiger partial charge in [-0.1, -0.05) is 6.92 Å². The highest BCUT2D eigenvalue weighted by Crippen LogP contribution is 2.21. The van der Waals surface area contributed by atoms with Gasteiger partial charge in [-0.3, -0.25) is 9.36 Å². The molecule has 0 aliphatic rings. The van der Waals surface area contributed by atoms with Crippen molar-refractivity contribution < 1.29 is 0 Å². The van der Waals surface area contributed by atoms with Crippen molar-refractivity contribution in [2.24, 2.45) is 7.05 Å². The van der Waals surface area contributed by atoms with E-state index in [0.29, 0.717) is 0 Å². The van der Waals surface area contributed by atoms with E-state index in [1.807, 2.05) is 31.0 Å². The number of aromatic nitrogens is 4. The Morgan fingerprint density at radius 3 is 2.61 bits per heavy atom. The number of hydrogen-bond acceptors (Lipinski definition) is 3. The second kappa shape index (κ2) is 5.35. The number of hydrogen-bond donors (Lipinski definition) is 1. The van der Waals surface area contributed by atoms with Crippen LogP contribution in [0.25, 0.3) is 0 Å². The third-order valence-corrected chi connectivity index (χ3v) is 3.14. The van der Waals surface area contributed by atoms with Crippen molar-refractivity contribution in [2.45, 2.75) is 32.9 Å². The molecule has 0 bridgehead atoms. The van der Waals surface area contributed by atoms with Crippen LogP contribution in [-0.4, -0.2) is 26.6 Å². The molecule has 2 heterocycles. The average Bonchev–Trinajstić information content (AvgIpc) is 2.97. The Bertz CT molecular complexity index is 511. The van der Waals surface area contributed by atoms with Crippen LogP contribution in [0.1, 0.15) is 37.0 Å². The predicted molar refractivity (Wildman–Crippen MR) is 71.4 cm³/mol. The van der Waals surface area contributed by atoms with E-state index >= 15 is 0 Å². The van der Waals surface area contributed by atoms with Crippen molar-refractivity contribution in [3.63, 3.8) is 0 Å². The SMILES string of the molecule is CCc1cc(C(NC)c2ccn(C)n2)n(CC)n1. The number of nitrogens with zero attached hydrogens (tertiary/aromatic N) is 4. The quantitative estimate of drug-likeness (QED) is 0.871. The highest BCUT2D eigenvalue weighted by atomic mass is 15.3. The molecule has 1 atom stereocenters. The second-order valence-corrected chi connectivity index (χ2v) is 4.37. The van der Waals surface area contributed by atoms with Gasteiger partial charge >= 0.3 is 0 Å². The lowest BCUT2D eigenvalue weighted by Gasteiger charge is -2.15. The molecule has 0 aliphatic heterocycles.